The minimum absolute atomic E-state index is 0.266. The van der Waals surface area contributed by atoms with Crippen LogP contribution in [0, 0.1) is 0 Å². The Morgan fingerprint density at radius 3 is 2.08 bits per heavy atom. The Kier molecular flexibility index (Phi) is 12.9. The van der Waals surface area contributed by atoms with Gasteiger partial charge in [0.25, 0.3) is 5.91 Å². The molecule has 14 heteroatoms. The molecule has 0 aliphatic carbocycles. The zero-order valence-corrected chi connectivity index (χ0v) is 22.2. The van der Waals surface area contributed by atoms with Crippen LogP contribution in [0.1, 0.15) is 44.6 Å². The lowest BCUT2D eigenvalue weighted by Gasteiger charge is -2.42. The van der Waals surface area contributed by atoms with E-state index in [1.165, 1.54) is 5.01 Å². The summed E-state index contributed by atoms with van der Waals surface area (Å²) in [6, 6.07) is 7.77. The monoisotopic (exact) mass is 567 g/mol. The number of benzene rings is 1. The number of amides is 1. The highest BCUT2D eigenvalue weighted by Crippen LogP contribution is 2.24. The molecule has 6 N–H and O–H groups in total. The Labute approximate surface area is 231 Å². The average molecular weight is 568 g/mol. The second-order valence-corrected chi connectivity index (χ2v) is 9.39. The number of fused-ring (bicyclic) bond motifs is 1. The van der Waals surface area contributed by atoms with Crippen molar-refractivity contribution in [2.45, 2.75) is 75.8 Å². The predicted molar refractivity (Wildman–Crippen MR) is 138 cm³/mol. The molecule has 3 unspecified atom stereocenters. The van der Waals surface area contributed by atoms with Gasteiger partial charge >= 0.3 is 23.9 Å². The molecule has 1 aromatic carbocycles. The van der Waals surface area contributed by atoms with Crippen LogP contribution in [0.3, 0.4) is 0 Å². The molecule has 0 aromatic heterocycles. The highest BCUT2D eigenvalue weighted by molar-refractivity contribution is 5.88. The van der Waals surface area contributed by atoms with E-state index >= 15 is 0 Å². The fraction of sp³-hybridized carbons (Fsp3) is 0.577. The summed E-state index contributed by atoms with van der Waals surface area (Å²) < 4.78 is 5.24. The molecule has 5 atom stereocenters. The molecule has 2 saturated heterocycles. The molecular formula is C26H37N3O11. The van der Waals surface area contributed by atoms with Crippen LogP contribution in [0.4, 0.5) is 0 Å². The summed E-state index contributed by atoms with van der Waals surface area (Å²) in [5, 5.41) is 48.6. The van der Waals surface area contributed by atoms with E-state index in [0.29, 0.717) is 38.8 Å². The van der Waals surface area contributed by atoms with Crippen molar-refractivity contribution < 1.29 is 54.2 Å². The van der Waals surface area contributed by atoms with Crippen molar-refractivity contribution in [1.29, 1.82) is 0 Å². The van der Waals surface area contributed by atoms with Gasteiger partial charge in [0, 0.05) is 13.1 Å². The summed E-state index contributed by atoms with van der Waals surface area (Å²) in [6.45, 7) is 3.34. The quantitative estimate of drug-likeness (QED) is 0.186. The van der Waals surface area contributed by atoms with Crippen LogP contribution in [0.2, 0.25) is 0 Å². The van der Waals surface area contributed by atoms with E-state index in [1.807, 2.05) is 35.3 Å². The zero-order valence-electron chi connectivity index (χ0n) is 22.2. The Balaban J connectivity index is 0.000000478. The molecule has 2 aliphatic rings. The third-order valence-electron chi connectivity index (χ3n) is 6.55. The van der Waals surface area contributed by atoms with Gasteiger partial charge in [-0.1, -0.05) is 30.3 Å². The van der Waals surface area contributed by atoms with Gasteiger partial charge in [-0.05, 0) is 51.0 Å². The number of esters is 1. The molecule has 0 spiro atoms. The Morgan fingerprint density at radius 1 is 0.975 bits per heavy atom. The first-order valence-electron chi connectivity index (χ1n) is 13.1. The minimum Gasteiger partial charge on any atom is -0.480 e. The van der Waals surface area contributed by atoms with Crippen LogP contribution in [-0.2, 0) is 35.1 Å². The number of hydrogen-bond donors (Lipinski definition) is 6. The van der Waals surface area contributed by atoms with Crippen molar-refractivity contribution >= 4 is 29.8 Å². The number of carboxylic acid groups (broad SMARTS) is 3. The lowest BCUT2D eigenvalue weighted by Crippen LogP contribution is -2.61. The maximum atomic E-state index is 13.3. The first kappa shape index (κ1) is 32.6. The Hall–Kier alpha value is -3.59. The molecule has 3 rings (SSSR count). The first-order valence-corrected chi connectivity index (χ1v) is 13.1. The first-order chi connectivity index (χ1) is 19.0. The predicted octanol–water partition coefficient (Wildman–Crippen LogP) is -0.527. The standard InChI is InChI=1S/C22H31N3O5.C4H6O6/c1-2-30-22(29)18(13-12-16-8-4-3-5-9-16)23-17-10-6-14-24-15-7-11-19(21(27)28)25(24)20(17)26;5-1(3(7)8)2(6)4(9)10/h3-5,8-9,17-19,23H,2,6-7,10-15H2,1H3,(H,27,28);1-2,5-6H,(H,7,8)(H,9,10)/t17-,18?,19-;/m0./s1. The van der Waals surface area contributed by atoms with Crippen LogP contribution >= 0.6 is 0 Å². The number of ether oxygens (including phenoxy) is 1. The number of carboxylic acids is 3. The second kappa shape index (κ2) is 15.9. The molecular weight excluding hydrogens is 530 g/mol. The van der Waals surface area contributed by atoms with Crippen molar-refractivity contribution in [3.63, 3.8) is 0 Å². The number of hydrogen-bond acceptors (Lipinski definition) is 10. The van der Waals surface area contributed by atoms with E-state index in [0.717, 1.165) is 18.4 Å². The molecule has 222 valence electrons. The van der Waals surface area contributed by atoms with E-state index < -0.39 is 48.2 Å². The maximum Gasteiger partial charge on any atom is 0.335 e. The third kappa shape index (κ3) is 9.26. The van der Waals surface area contributed by atoms with Crippen molar-refractivity contribution in [2.75, 3.05) is 19.7 Å². The van der Waals surface area contributed by atoms with Gasteiger partial charge in [0.2, 0.25) is 0 Å². The van der Waals surface area contributed by atoms with Crippen LogP contribution in [0.15, 0.2) is 30.3 Å². The SMILES string of the molecule is CCOC(=O)C(CCc1ccccc1)N[C@H]1CCCN2CCC[C@@H](C(=O)O)N2C1=O.O=C(O)C(O)C(O)C(=O)O. The topological polar surface area (TPSA) is 214 Å². The van der Waals surface area contributed by atoms with Gasteiger partial charge in [0.15, 0.2) is 12.2 Å². The number of aryl methyl sites for hydroxylation is 1. The van der Waals surface area contributed by atoms with E-state index in [1.54, 1.807) is 6.92 Å². The van der Waals surface area contributed by atoms with E-state index in [4.69, 9.17) is 25.2 Å². The summed E-state index contributed by atoms with van der Waals surface area (Å²) in [7, 11) is 0. The molecule has 1 amide bonds. The largest absolute Gasteiger partial charge is 0.480 e. The van der Waals surface area contributed by atoms with Crippen LogP contribution in [0.25, 0.3) is 0 Å². The highest BCUT2D eigenvalue weighted by Gasteiger charge is 2.42. The van der Waals surface area contributed by atoms with E-state index in [-0.39, 0.29) is 18.5 Å². The van der Waals surface area contributed by atoms with Gasteiger partial charge in [-0.3, -0.25) is 19.9 Å². The fourth-order valence-corrected chi connectivity index (χ4v) is 4.53. The molecule has 14 nitrogen and oxygen atoms in total. The summed E-state index contributed by atoms with van der Waals surface area (Å²) in [5.74, 6) is -5.17. The van der Waals surface area contributed by atoms with E-state index in [9.17, 15) is 29.1 Å². The Morgan fingerprint density at radius 2 is 1.55 bits per heavy atom. The summed E-state index contributed by atoms with van der Waals surface area (Å²) in [6.07, 6.45) is -0.860. The molecule has 2 heterocycles. The number of aliphatic hydroxyl groups excluding tert-OH is 2. The van der Waals surface area contributed by atoms with Gasteiger partial charge in [-0.2, -0.15) is 0 Å². The van der Waals surface area contributed by atoms with E-state index in [2.05, 4.69) is 5.32 Å². The lowest BCUT2D eigenvalue weighted by atomic mass is 10.0. The molecule has 2 fully saturated rings. The van der Waals surface area contributed by atoms with Crippen LogP contribution in [-0.4, -0.2) is 115 Å². The normalized spacial score (nSPS) is 21.5. The zero-order chi connectivity index (χ0) is 29.8. The van der Waals surface area contributed by atoms with Gasteiger partial charge in [0.1, 0.15) is 12.1 Å². The van der Waals surface area contributed by atoms with Crippen LogP contribution < -0.4 is 5.32 Å². The summed E-state index contributed by atoms with van der Waals surface area (Å²) in [5.41, 5.74) is 1.11. The second-order valence-electron chi connectivity index (χ2n) is 9.39. The number of aliphatic carboxylic acids is 3. The molecule has 2 aliphatic heterocycles. The smallest absolute Gasteiger partial charge is 0.335 e. The number of carbonyl (C=O) groups excluding carboxylic acids is 2. The average Bonchev–Trinajstić information content (AvgIpc) is 3.09. The number of nitrogens with zero attached hydrogens (tertiary/aromatic N) is 2. The number of rotatable bonds is 11. The van der Waals surface area contributed by atoms with Crippen molar-refractivity contribution in [3.05, 3.63) is 35.9 Å². The summed E-state index contributed by atoms with van der Waals surface area (Å²) >= 11 is 0. The summed E-state index contributed by atoms with van der Waals surface area (Å²) in [4.78, 5) is 57.1. The lowest BCUT2D eigenvalue weighted by molar-refractivity contribution is -0.174. The molecule has 0 saturated carbocycles. The maximum absolute atomic E-state index is 13.3. The number of aliphatic hydroxyl groups is 2. The number of carbonyl (C=O) groups is 5. The number of hydrazine groups is 1. The Bertz CT molecular complexity index is 1000. The van der Waals surface area contributed by atoms with Gasteiger partial charge in [-0.25, -0.2) is 19.4 Å². The highest BCUT2D eigenvalue weighted by atomic mass is 16.5. The van der Waals surface area contributed by atoms with Crippen molar-refractivity contribution in [1.82, 2.24) is 15.3 Å². The molecule has 1 aromatic rings. The van der Waals surface area contributed by atoms with Gasteiger partial charge < -0.3 is 30.3 Å². The van der Waals surface area contributed by atoms with Crippen LogP contribution in [0.5, 0.6) is 0 Å². The van der Waals surface area contributed by atoms with Gasteiger partial charge in [0.05, 0.1) is 12.6 Å². The minimum atomic E-state index is -2.27. The third-order valence-corrected chi connectivity index (χ3v) is 6.55. The van der Waals surface area contributed by atoms with Crippen molar-refractivity contribution in [2.24, 2.45) is 0 Å². The molecule has 0 radical (unpaired) electrons. The van der Waals surface area contributed by atoms with Crippen molar-refractivity contribution in [3.8, 4) is 0 Å². The van der Waals surface area contributed by atoms with Gasteiger partial charge in [-0.15, -0.1) is 0 Å². The number of nitrogens with one attached hydrogen (secondary N) is 1. The molecule has 40 heavy (non-hydrogen) atoms. The molecule has 0 bridgehead atoms. The fourth-order valence-electron chi connectivity index (χ4n) is 4.53.